The summed E-state index contributed by atoms with van der Waals surface area (Å²) in [6, 6.07) is 12.1. The molecule has 2 heterocycles. The van der Waals surface area contributed by atoms with Gasteiger partial charge in [0.05, 0.1) is 22.6 Å². The Bertz CT molecular complexity index is 1040. The van der Waals surface area contributed by atoms with Crippen molar-refractivity contribution in [2.75, 3.05) is 11.9 Å². The van der Waals surface area contributed by atoms with Crippen molar-refractivity contribution in [3.05, 3.63) is 59.9 Å². The molecule has 0 radical (unpaired) electrons. The van der Waals surface area contributed by atoms with Crippen LogP contribution in [0.4, 0.5) is 23.7 Å². The third-order valence-electron chi connectivity index (χ3n) is 5.32. The zero-order valence-corrected chi connectivity index (χ0v) is 15.9. The highest BCUT2D eigenvalue weighted by atomic mass is 19.4. The average Bonchev–Trinajstić information content (AvgIpc) is 3.26. The number of carbonyl (C=O) groups is 1. The van der Waals surface area contributed by atoms with Crippen LogP contribution < -0.4 is 5.32 Å². The number of hydrogen-bond acceptors (Lipinski definition) is 2. The van der Waals surface area contributed by atoms with Gasteiger partial charge >= 0.3 is 12.2 Å². The van der Waals surface area contributed by atoms with E-state index in [0.29, 0.717) is 13.1 Å². The van der Waals surface area contributed by atoms with E-state index in [1.165, 1.54) is 12.1 Å². The van der Waals surface area contributed by atoms with Gasteiger partial charge in [-0.1, -0.05) is 18.2 Å². The van der Waals surface area contributed by atoms with Crippen LogP contribution in [0.3, 0.4) is 0 Å². The molecule has 1 aliphatic rings. The largest absolute Gasteiger partial charge is 0.416 e. The Morgan fingerprint density at radius 2 is 2.00 bits per heavy atom. The molecule has 29 heavy (non-hydrogen) atoms. The first-order valence-corrected chi connectivity index (χ1v) is 9.49. The number of fused-ring (bicyclic) bond motifs is 1. The number of para-hydroxylation sites is 2. The summed E-state index contributed by atoms with van der Waals surface area (Å²) < 4.78 is 40.8. The van der Waals surface area contributed by atoms with E-state index in [1.807, 2.05) is 31.2 Å². The van der Waals surface area contributed by atoms with E-state index in [4.69, 9.17) is 0 Å². The molecular weight excluding hydrogens is 381 g/mol. The summed E-state index contributed by atoms with van der Waals surface area (Å²) in [7, 11) is 0. The van der Waals surface area contributed by atoms with Crippen LogP contribution in [0.5, 0.6) is 0 Å². The van der Waals surface area contributed by atoms with Gasteiger partial charge in [-0.25, -0.2) is 9.78 Å². The van der Waals surface area contributed by atoms with Crippen molar-refractivity contribution in [1.29, 1.82) is 0 Å². The maximum Gasteiger partial charge on any atom is 0.416 e. The van der Waals surface area contributed by atoms with Crippen molar-refractivity contribution in [3.8, 4) is 0 Å². The normalized spacial score (nSPS) is 17.1. The Morgan fingerprint density at radius 3 is 2.79 bits per heavy atom. The highest BCUT2D eigenvalue weighted by Crippen LogP contribution is 2.31. The van der Waals surface area contributed by atoms with Gasteiger partial charge in [0, 0.05) is 18.8 Å². The smallest absolute Gasteiger partial charge is 0.326 e. The van der Waals surface area contributed by atoms with Crippen LogP contribution in [0.15, 0.2) is 48.5 Å². The molecule has 3 aromatic rings. The van der Waals surface area contributed by atoms with Crippen molar-refractivity contribution in [3.63, 3.8) is 0 Å². The fourth-order valence-corrected chi connectivity index (χ4v) is 3.90. The first-order chi connectivity index (χ1) is 13.8. The van der Waals surface area contributed by atoms with E-state index in [9.17, 15) is 18.0 Å². The number of urea groups is 1. The van der Waals surface area contributed by atoms with Crippen molar-refractivity contribution in [2.45, 2.75) is 38.5 Å². The van der Waals surface area contributed by atoms with Gasteiger partial charge in [0.25, 0.3) is 0 Å². The third kappa shape index (κ3) is 3.92. The summed E-state index contributed by atoms with van der Waals surface area (Å²) in [5.74, 6) is 0.872. The predicted octanol–water partition coefficient (Wildman–Crippen LogP) is 5.06. The molecule has 8 heteroatoms. The van der Waals surface area contributed by atoms with Crippen molar-refractivity contribution in [1.82, 2.24) is 14.5 Å². The molecule has 2 amide bonds. The summed E-state index contributed by atoms with van der Waals surface area (Å²) >= 11 is 0. The molecule has 5 nitrogen and oxygen atoms in total. The number of amides is 2. The monoisotopic (exact) mass is 402 g/mol. The lowest BCUT2D eigenvalue weighted by Gasteiger charge is -2.26. The van der Waals surface area contributed by atoms with Crippen LogP contribution in [0, 0.1) is 6.92 Å². The molecular formula is C21H21F3N4O. The van der Waals surface area contributed by atoms with Crippen molar-refractivity contribution in [2.24, 2.45) is 0 Å². The SMILES string of the molecule is Cc1nc2ccccc2n1C[C@H]1CCCN1C(=O)Nc1cccc(C(F)(F)F)c1. The zero-order valence-electron chi connectivity index (χ0n) is 15.9. The van der Waals surface area contributed by atoms with E-state index in [0.717, 1.165) is 41.8 Å². The maximum atomic E-state index is 12.9. The number of aromatic nitrogens is 2. The Hall–Kier alpha value is -3.03. The Balaban J connectivity index is 1.51. The Kier molecular flexibility index (Phi) is 4.94. The van der Waals surface area contributed by atoms with Gasteiger partial charge in [-0.2, -0.15) is 13.2 Å². The Morgan fingerprint density at radius 1 is 1.21 bits per heavy atom. The summed E-state index contributed by atoms with van der Waals surface area (Å²) in [6.07, 6.45) is -2.76. The number of benzene rings is 2. The van der Waals surface area contributed by atoms with Gasteiger partial charge in [0.1, 0.15) is 5.82 Å². The molecule has 1 fully saturated rings. The van der Waals surface area contributed by atoms with E-state index in [1.54, 1.807) is 4.90 Å². The number of alkyl halides is 3. The highest BCUT2D eigenvalue weighted by Gasteiger charge is 2.32. The molecule has 0 bridgehead atoms. The van der Waals surface area contributed by atoms with Gasteiger partial charge in [0.2, 0.25) is 0 Å². The minimum absolute atomic E-state index is 0.0443. The number of aryl methyl sites for hydroxylation is 1. The third-order valence-corrected chi connectivity index (χ3v) is 5.32. The fourth-order valence-electron chi connectivity index (χ4n) is 3.90. The van der Waals surface area contributed by atoms with Crippen LogP contribution in [0.25, 0.3) is 11.0 Å². The van der Waals surface area contributed by atoms with E-state index < -0.39 is 11.7 Å². The topological polar surface area (TPSA) is 50.2 Å². The van der Waals surface area contributed by atoms with Gasteiger partial charge < -0.3 is 14.8 Å². The van der Waals surface area contributed by atoms with Crippen LogP contribution in [-0.2, 0) is 12.7 Å². The molecule has 0 spiro atoms. The van der Waals surface area contributed by atoms with Gasteiger partial charge in [-0.3, -0.25) is 0 Å². The standard InChI is InChI=1S/C21H21F3N4O/c1-14-25-18-9-2-3-10-19(18)28(14)13-17-8-5-11-27(17)20(29)26-16-7-4-6-15(12-16)21(22,23)24/h2-4,6-7,9-10,12,17H,5,8,11,13H2,1H3,(H,26,29)/t17-/m1/s1. The van der Waals surface area contributed by atoms with Crippen molar-refractivity contribution >= 4 is 22.8 Å². The molecule has 4 rings (SSSR count). The number of nitrogens with one attached hydrogen (secondary N) is 1. The quantitative estimate of drug-likeness (QED) is 0.666. The van der Waals surface area contributed by atoms with Crippen LogP contribution in [-0.4, -0.2) is 33.1 Å². The molecule has 2 aromatic carbocycles. The fraction of sp³-hybridized carbons (Fsp3) is 0.333. The van der Waals surface area contributed by atoms with E-state index in [-0.39, 0.29) is 17.8 Å². The minimum Gasteiger partial charge on any atom is -0.326 e. The second-order valence-corrected chi connectivity index (χ2v) is 7.26. The van der Waals surface area contributed by atoms with Crippen LogP contribution >= 0.6 is 0 Å². The molecule has 1 atom stereocenters. The number of hydrogen-bond donors (Lipinski definition) is 1. The number of anilines is 1. The van der Waals surface area contributed by atoms with Crippen molar-refractivity contribution < 1.29 is 18.0 Å². The number of rotatable bonds is 3. The van der Waals surface area contributed by atoms with E-state index in [2.05, 4.69) is 14.9 Å². The molecule has 1 aliphatic heterocycles. The second-order valence-electron chi connectivity index (χ2n) is 7.26. The molecule has 1 saturated heterocycles. The van der Waals surface area contributed by atoms with Gasteiger partial charge in [-0.05, 0) is 50.1 Å². The molecule has 0 unspecified atom stereocenters. The summed E-state index contributed by atoms with van der Waals surface area (Å²) in [4.78, 5) is 19.0. The summed E-state index contributed by atoms with van der Waals surface area (Å²) in [6.45, 7) is 3.10. The second kappa shape index (κ2) is 7.42. The minimum atomic E-state index is -4.45. The molecule has 152 valence electrons. The summed E-state index contributed by atoms with van der Waals surface area (Å²) in [5.41, 5.74) is 1.27. The zero-order chi connectivity index (χ0) is 20.6. The number of likely N-dealkylation sites (tertiary alicyclic amines) is 1. The number of imidazole rings is 1. The lowest BCUT2D eigenvalue weighted by Crippen LogP contribution is -2.40. The first kappa shape index (κ1) is 19.3. The number of carbonyl (C=O) groups excluding carboxylic acids is 1. The van der Waals surface area contributed by atoms with E-state index >= 15 is 0 Å². The molecule has 0 aliphatic carbocycles. The van der Waals surface area contributed by atoms with Gasteiger partial charge in [-0.15, -0.1) is 0 Å². The average molecular weight is 402 g/mol. The number of halogens is 3. The molecule has 0 saturated carbocycles. The van der Waals surface area contributed by atoms with Gasteiger partial charge in [0.15, 0.2) is 0 Å². The Labute approximate surface area is 166 Å². The van der Waals surface area contributed by atoms with Crippen LogP contribution in [0.1, 0.15) is 24.2 Å². The predicted molar refractivity (Wildman–Crippen MR) is 105 cm³/mol. The maximum absolute atomic E-state index is 12.9. The number of nitrogens with zero attached hydrogens (tertiary/aromatic N) is 3. The summed E-state index contributed by atoms with van der Waals surface area (Å²) in [5, 5.41) is 2.62. The van der Waals surface area contributed by atoms with Crippen LogP contribution in [0.2, 0.25) is 0 Å². The lowest BCUT2D eigenvalue weighted by atomic mass is 10.2. The lowest BCUT2D eigenvalue weighted by molar-refractivity contribution is -0.137. The highest BCUT2D eigenvalue weighted by molar-refractivity contribution is 5.89. The first-order valence-electron chi connectivity index (χ1n) is 9.49. The molecule has 1 aromatic heterocycles. The molecule has 1 N–H and O–H groups in total.